The molecule has 0 spiro atoms. The standard InChI is InChI=1S/C24H35N5O2/c1-5-21(30)26-22-18(4)27-29(20-9-7-6-8-10-20)24(22)28-15-12-19(13-16-28)23(31)25-14-11-17(2)3/h6-10,17,19H,5,11-16H2,1-4H3,(H,25,31)(H,26,30). The van der Waals surface area contributed by atoms with Gasteiger partial charge in [0.1, 0.15) is 5.69 Å². The van der Waals surface area contributed by atoms with Crippen LogP contribution in [0.5, 0.6) is 0 Å². The second-order valence-electron chi connectivity index (χ2n) is 8.67. The van der Waals surface area contributed by atoms with Gasteiger partial charge >= 0.3 is 0 Å². The Morgan fingerprint density at radius 3 is 2.45 bits per heavy atom. The highest BCUT2D eigenvalue weighted by molar-refractivity contribution is 5.94. The maximum Gasteiger partial charge on any atom is 0.224 e. The van der Waals surface area contributed by atoms with E-state index in [1.165, 1.54) is 0 Å². The predicted octanol–water partition coefficient (Wildman–Crippen LogP) is 3.91. The van der Waals surface area contributed by atoms with Crippen LogP contribution in [-0.2, 0) is 9.59 Å². The molecule has 168 valence electrons. The summed E-state index contributed by atoms with van der Waals surface area (Å²) >= 11 is 0. The van der Waals surface area contributed by atoms with Crippen LogP contribution in [0.25, 0.3) is 5.69 Å². The fraction of sp³-hybridized carbons (Fsp3) is 0.542. The van der Waals surface area contributed by atoms with Crippen molar-refractivity contribution < 1.29 is 9.59 Å². The number of amides is 2. The molecular formula is C24H35N5O2. The van der Waals surface area contributed by atoms with E-state index in [4.69, 9.17) is 5.10 Å². The second kappa shape index (κ2) is 10.5. The molecule has 1 aliphatic heterocycles. The number of carbonyl (C=O) groups excluding carboxylic acids is 2. The number of hydrogen-bond acceptors (Lipinski definition) is 4. The van der Waals surface area contributed by atoms with E-state index in [1.807, 2.05) is 48.9 Å². The van der Waals surface area contributed by atoms with Gasteiger partial charge in [0.05, 0.1) is 11.4 Å². The number of aryl methyl sites for hydroxylation is 1. The third-order valence-electron chi connectivity index (χ3n) is 5.81. The third-order valence-corrected chi connectivity index (χ3v) is 5.81. The molecule has 1 saturated heterocycles. The topological polar surface area (TPSA) is 79.3 Å². The van der Waals surface area contributed by atoms with Gasteiger partial charge in [-0.3, -0.25) is 9.59 Å². The summed E-state index contributed by atoms with van der Waals surface area (Å²) in [7, 11) is 0. The second-order valence-corrected chi connectivity index (χ2v) is 8.67. The van der Waals surface area contributed by atoms with Crippen LogP contribution in [-0.4, -0.2) is 41.2 Å². The number of carbonyl (C=O) groups is 2. The summed E-state index contributed by atoms with van der Waals surface area (Å²) in [5.74, 6) is 1.64. The number of nitrogens with zero attached hydrogens (tertiary/aromatic N) is 3. The lowest BCUT2D eigenvalue weighted by molar-refractivity contribution is -0.125. The Hall–Kier alpha value is -2.83. The van der Waals surface area contributed by atoms with E-state index in [0.717, 1.165) is 61.8 Å². The van der Waals surface area contributed by atoms with Crippen molar-refractivity contribution in [3.05, 3.63) is 36.0 Å². The highest BCUT2D eigenvalue weighted by Crippen LogP contribution is 2.35. The molecule has 1 aliphatic rings. The maximum absolute atomic E-state index is 12.6. The minimum atomic E-state index is -0.0311. The van der Waals surface area contributed by atoms with Crippen LogP contribution >= 0.6 is 0 Å². The summed E-state index contributed by atoms with van der Waals surface area (Å²) in [4.78, 5) is 27.0. The molecule has 0 radical (unpaired) electrons. The minimum Gasteiger partial charge on any atom is -0.356 e. The number of aromatic nitrogens is 2. The molecule has 2 heterocycles. The first kappa shape index (κ1) is 22.8. The van der Waals surface area contributed by atoms with Crippen LogP contribution in [0.15, 0.2) is 30.3 Å². The van der Waals surface area contributed by atoms with Crippen LogP contribution in [0.1, 0.15) is 52.1 Å². The zero-order chi connectivity index (χ0) is 22.4. The molecule has 0 saturated carbocycles. The fourth-order valence-corrected chi connectivity index (χ4v) is 3.91. The smallest absolute Gasteiger partial charge is 0.224 e. The minimum absolute atomic E-state index is 0.0311. The first-order valence-electron chi connectivity index (χ1n) is 11.4. The van der Waals surface area contributed by atoms with Crippen molar-refractivity contribution in [1.29, 1.82) is 0 Å². The summed E-state index contributed by atoms with van der Waals surface area (Å²) in [6.07, 6.45) is 2.98. The molecule has 0 unspecified atom stereocenters. The molecule has 7 heteroatoms. The van der Waals surface area contributed by atoms with Crippen LogP contribution in [0.2, 0.25) is 0 Å². The molecule has 0 bridgehead atoms. The van der Waals surface area contributed by atoms with Gasteiger partial charge in [-0.2, -0.15) is 5.10 Å². The van der Waals surface area contributed by atoms with E-state index in [9.17, 15) is 9.59 Å². The van der Waals surface area contributed by atoms with E-state index in [0.29, 0.717) is 12.3 Å². The highest BCUT2D eigenvalue weighted by atomic mass is 16.2. The van der Waals surface area contributed by atoms with Crippen molar-refractivity contribution in [1.82, 2.24) is 15.1 Å². The number of anilines is 2. The first-order valence-corrected chi connectivity index (χ1v) is 11.4. The Balaban J connectivity index is 1.78. The van der Waals surface area contributed by atoms with Gasteiger partial charge in [0.25, 0.3) is 0 Å². The number of piperidine rings is 1. The van der Waals surface area contributed by atoms with E-state index < -0.39 is 0 Å². The quantitative estimate of drug-likeness (QED) is 0.672. The molecule has 0 atom stereocenters. The average Bonchev–Trinajstić information content (AvgIpc) is 3.10. The Bertz CT molecular complexity index is 883. The van der Waals surface area contributed by atoms with E-state index in [2.05, 4.69) is 29.4 Å². The lowest BCUT2D eigenvalue weighted by atomic mass is 9.95. The van der Waals surface area contributed by atoms with Crippen molar-refractivity contribution in [3.63, 3.8) is 0 Å². The van der Waals surface area contributed by atoms with Gasteiger partial charge in [0.15, 0.2) is 5.82 Å². The molecule has 2 N–H and O–H groups in total. The van der Waals surface area contributed by atoms with Crippen molar-refractivity contribution in [2.45, 2.75) is 53.4 Å². The van der Waals surface area contributed by atoms with Crippen LogP contribution in [0.3, 0.4) is 0 Å². The predicted molar refractivity (Wildman–Crippen MR) is 125 cm³/mol. The molecule has 1 fully saturated rings. The molecular weight excluding hydrogens is 390 g/mol. The molecule has 31 heavy (non-hydrogen) atoms. The summed E-state index contributed by atoms with van der Waals surface area (Å²) in [5, 5.41) is 10.9. The highest BCUT2D eigenvalue weighted by Gasteiger charge is 2.29. The van der Waals surface area contributed by atoms with Crippen LogP contribution < -0.4 is 15.5 Å². The summed E-state index contributed by atoms with van der Waals surface area (Å²) in [6.45, 7) is 10.3. The van der Waals surface area contributed by atoms with E-state index in [1.54, 1.807) is 0 Å². The van der Waals surface area contributed by atoms with Gasteiger partial charge in [-0.25, -0.2) is 4.68 Å². The van der Waals surface area contributed by atoms with Gasteiger partial charge in [-0.15, -0.1) is 0 Å². The SMILES string of the molecule is CCC(=O)Nc1c(C)nn(-c2ccccc2)c1N1CCC(C(=O)NCCC(C)C)CC1. The Kier molecular flexibility index (Phi) is 7.71. The Morgan fingerprint density at radius 2 is 1.84 bits per heavy atom. The molecule has 0 aliphatic carbocycles. The van der Waals surface area contributed by atoms with Gasteiger partial charge in [0, 0.05) is 32.0 Å². The lowest BCUT2D eigenvalue weighted by Gasteiger charge is -2.33. The normalized spacial score (nSPS) is 14.7. The van der Waals surface area contributed by atoms with Gasteiger partial charge < -0.3 is 15.5 Å². The van der Waals surface area contributed by atoms with E-state index >= 15 is 0 Å². The monoisotopic (exact) mass is 425 g/mol. The molecule has 2 amide bonds. The van der Waals surface area contributed by atoms with Crippen molar-refractivity contribution in [2.24, 2.45) is 11.8 Å². The number of rotatable bonds is 8. The van der Waals surface area contributed by atoms with Crippen molar-refractivity contribution in [3.8, 4) is 5.69 Å². The lowest BCUT2D eigenvalue weighted by Crippen LogP contribution is -2.41. The van der Waals surface area contributed by atoms with Crippen LogP contribution in [0.4, 0.5) is 11.5 Å². The van der Waals surface area contributed by atoms with Gasteiger partial charge in [-0.1, -0.05) is 39.0 Å². The number of hydrogen-bond donors (Lipinski definition) is 2. The fourth-order valence-electron chi connectivity index (χ4n) is 3.91. The first-order chi connectivity index (χ1) is 14.9. The summed E-state index contributed by atoms with van der Waals surface area (Å²) in [6, 6.07) is 9.96. The van der Waals surface area contributed by atoms with Crippen molar-refractivity contribution >= 4 is 23.3 Å². The number of benzene rings is 1. The molecule has 7 nitrogen and oxygen atoms in total. The zero-order valence-corrected chi connectivity index (χ0v) is 19.1. The molecule has 1 aromatic carbocycles. The Morgan fingerprint density at radius 1 is 1.16 bits per heavy atom. The van der Waals surface area contributed by atoms with E-state index in [-0.39, 0.29) is 17.7 Å². The molecule has 2 aromatic rings. The number of para-hydroxylation sites is 1. The summed E-state index contributed by atoms with van der Waals surface area (Å²) < 4.78 is 1.91. The average molecular weight is 426 g/mol. The van der Waals surface area contributed by atoms with Crippen molar-refractivity contribution in [2.75, 3.05) is 29.9 Å². The summed E-state index contributed by atoms with van der Waals surface area (Å²) in [5.41, 5.74) is 2.50. The maximum atomic E-state index is 12.6. The molecule has 1 aromatic heterocycles. The van der Waals surface area contributed by atoms with Crippen LogP contribution in [0, 0.1) is 18.8 Å². The number of nitrogens with one attached hydrogen (secondary N) is 2. The van der Waals surface area contributed by atoms with Gasteiger partial charge in [0.2, 0.25) is 11.8 Å². The molecule has 3 rings (SSSR count). The zero-order valence-electron chi connectivity index (χ0n) is 19.1. The third kappa shape index (κ3) is 5.66. The largest absolute Gasteiger partial charge is 0.356 e. The Labute approximate surface area is 185 Å². The van der Waals surface area contributed by atoms with Gasteiger partial charge in [-0.05, 0) is 44.2 Å².